The van der Waals surface area contributed by atoms with Gasteiger partial charge in [0.05, 0.1) is 5.56 Å². The Balaban J connectivity index is 1.54. The van der Waals surface area contributed by atoms with Gasteiger partial charge in [0.1, 0.15) is 5.75 Å². The maximum Gasteiger partial charge on any atom is 0.573 e. The standard InChI is InChI=1S/C25H28F4O3/c1-2-3-4-5-17-6-8-18(9-7-17)19-10-12-20(13-11-19)24(30)31-21-14-15-23(22(26)16-21)32-25(27,28)29/h10-18H,2-9H2,1H3. The van der Waals surface area contributed by atoms with Gasteiger partial charge in [0.15, 0.2) is 11.6 Å². The molecule has 0 bridgehead atoms. The molecule has 1 saturated carbocycles. The van der Waals surface area contributed by atoms with Crippen molar-refractivity contribution in [1.29, 1.82) is 0 Å². The molecule has 7 heteroatoms. The third kappa shape index (κ3) is 6.97. The van der Waals surface area contributed by atoms with Gasteiger partial charge >= 0.3 is 12.3 Å². The molecular weight excluding hydrogens is 424 g/mol. The summed E-state index contributed by atoms with van der Waals surface area (Å²) in [6, 6.07) is 9.68. The van der Waals surface area contributed by atoms with Crippen molar-refractivity contribution < 1.29 is 31.8 Å². The quantitative estimate of drug-likeness (QED) is 0.177. The third-order valence-electron chi connectivity index (χ3n) is 6.02. The van der Waals surface area contributed by atoms with E-state index >= 15 is 0 Å². The van der Waals surface area contributed by atoms with Crippen LogP contribution in [0.5, 0.6) is 11.5 Å². The summed E-state index contributed by atoms with van der Waals surface area (Å²) in [6.45, 7) is 2.22. The molecule has 0 heterocycles. The minimum absolute atomic E-state index is 0.201. The second-order valence-electron chi connectivity index (χ2n) is 8.36. The molecule has 2 aromatic carbocycles. The highest BCUT2D eigenvalue weighted by Gasteiger charge is 2.32. The summed E-state index contributed by atoms with van der Waals surface area (Å²) in [6.07, 6.45) is 4.93. The van der Waals surface area contributed by atoms with Crippen LogP contribution in [0.1, 0.15) is 80.1 Å². The van der Waals surface area contributed by atoms with Gasteiger partial charge in [-0.2, -0.15) is 0 Å². The van der Waals surface area contributed by atoms with Crippen LogP contribution in [0.4, 0.5) is 17.6 Å². The number of carbonyl (C=O) groups is 1. The molecule has 174 valence electrons. The van der Waals surface area contributed by atoms with Crippen molar-refractivity contribution in [1.82, 2.24) is 0 Å². The van der Waals surface area contributed by atoms with Gasteiger partial charge in [0.25, 0.3) is 0 Å². The Morgan fingerprint density at radius 1 is 1.00 bits per heavy atom. The lowest BCUT2D eigenvalue weighted by Gasteiger charge is -2.29. The van der Waals surface area contributed by atoms with E-state index in [1.165, 1.54) is 44.1 Å². The number of unbranched alkanes of at least 4 members (excludes halogenated alkanes) is 2. The first-order valence-electron chi connectivity index (χ1n) is 11.1. The summed E-state index contributed by atoms with van der Waals surface area (Å²) in [5.41, 5.74) is 1.48. The van der Waals surface area contributed by atoms with Gasteiger partial charge in [-0.1, -0.05) is 44.7 Å². The second-order valence-corrected chi connectivity index (χ2v) is 8.36. The highest BCUT2D eigenvalue weighted by molar-refractivity contribution is 5.91. The summed E-state index contributed by atoms with van der Waals surface area (Å²) >= 11 is 0. The topological polar surface area (TPSA) is 35.5 Å². The smallest absolute Gasteiger partial charge is 0.423 e. The molecule has 0 N–H and O–H groups in total. The number of rotatable bonds is 8. The third-order valence-corrected chi connectivity index (χ3v) is 6.02. The number of alkyl halides is 3. The van der Waals surface area contributed by atoms with E-state index in [-0.39, 0.29) is 11.3 Å². The number of hydrogen-bond acceptors (Lipinski definition) is 3. The SMILES string of the molecule is CCCCCC1CCC(c2ccc(C(=O)Oc3ccc(OC(F)(F)F)c(F)c3)cc2)CC1. The molecule has 0 unspecified atom stereocenters. The maximum absolute atomic E-state index is 13.8. The van der Waals surface area contributed by atoms with E-state index in [4.69, 9.17) is 4.74 Å². The van der Waals surface area contributed by atoms with Crippen molar-refractivity contribution >= 4 is 5.97 Å². The van der Waals surface area contributed by atoms with Gasteiger partial charge in [0.2, 0.25) is 0 Å². The zero-order chi connectivity index (χ0) is 23.1. The molecule has 1 aliphatic rings. The Hall–Kier alpha value is -2.57. The summed E-state index contributed by atoms with van der Waals surface area (Å²) < 4.78 is 59.1. The van der Waals surface area contributed by atoms with E-state index in [9.17, 15) is 22.4 Å². The van der Waals surface area contributed by atoms with Gasteiger partial charge < -0.3 is 9.47 Å². The van der Waals surface area contributed by atoms with Crippen LogP contribution < -0.4 is 9.47 Å². The van der Waals surface area contributed by atoms with Crippen molar-refractivity contribution in [3.63, 3.8) is 0 Å². The van der Waals surface area contributed by atoms with Crippen LogP contribution in [0.15, 0.2) is 42.5 Å². The van der Waals surface area contributed by atoms with Crippen LogP contribution in [-0.2, 0) is 0 Å². The fourth-order valence-electron chi connectivity index (χ4n) is 4.28. The molecule has 3 nitrogen and oxygen atoms in total. The lowest BCUT2D eigenvalue weighted by Crippen LogP contribution is -2.18. The minimum atomic E-state index is -5.00. The van der Waals surface area contributed by atoms with Gasteiger partial charge in [-0.05, 0) is 67.3 Å². The lowest BCUT2D eigenvalue weighted by atomic mass is 9.77. The number of carbonyl (C=O) groups excluding carboxylic acids is 1. The Bertz CT molecular complexity index is 885. The summed E-state index contributed by atoms with van der Waals surface area (Å²) in [4.78, 5) is 12.3. The molecule has 3 rings (SSSR count). The van der Waals surface area contributed by atoms with Gasteiger partial charge in [-0.3, -0.25) is 0 Å². The zero-order valence-electron chi connectivity index (χ0n) is 18.1. The average Bonchev–Trinajstić information content (AvgIpc) is 2.76. The molecule has 1 aliphatic carbocycles. The highest BCUT2D eigenvalue weighted by Crippen LogP contribution is 2.38. The van der Waals surface area contributed by atoms with Crippen LogP contribution in [0.25, 0.3) is 0 Å². The van der Waals surface area contributed by atoms with E-state index < -0.39 is 23.9 Å². The molecule has 0 atom stereocenters. The Labute approximate surface area is 185 Å². The molecule has 0 spiro atoms. The molecular formula is C25H28F4O3. The van der Waals surface area contributed by atoms with Crippen molar-refractivity contribution in [2.45, 2.75) is 70.6 Å². The molecule has 32 heavy (non-hydrogen) atoms. The normalized spacial score (nSPS) is 18.9. The summed E-state index contributed by atoms with van der Waals surface area (Å²) in [7, 11) is 0. The van der Waals surface area contributed by atoms with E-state index in [1.807, 2.05) is 12.1 Å². The van der Waals surface area contributed by atoms with Gasteiger partial charge in [0, 0.05) is 6.07 Å². The number of ether oxygens (including phenoxy) is 2. The molecule has 0 radical (unpaired) electrons. The van der Waals surface area contributed by atoms with Crippen molar-refractivity contribution in [3.05, 3.63) is 59.4 Å². The van der Waals surface area contributed by atoms with Crippen LogP contribution in [0, 0.1) is 11.7 Å². The fourth-order valence-corrected chi connectivity index (χ4v) is 4.28. The highest BCUT2D eigenvalue weighted by atomic mass is 19.4. The lowest BCUT2D eigenvalue weighted by molar-refractivity contribution is -0.275. The van der Waals surface area contributed by atoms with E-state index in [1.54, 1.807) is 12.1 Å². The molecule has 1 fully saturated rings. The Morgan fingerprint density at radius 2 is 1.69 bits per heavy atom. The average molecular weight is 452 g/mol. The number of benzene rings is 2. The largest absolute Gasteiger partial charge is 0.573 e. The Morgan fingerprint density at radius 3 is 2.28 bits per heavy atom. The first-order chi connectivity index (χ1) is 15.2. The van der Waals surface area contributed by atoms with Gasteiger partial charge in [-0.25, -0.2) is 9.18 Å². The Kier molecular flexibility index (Phi) is 8.15. The van der Waals surface area contributed by atoms with Crippen molar-refractivity contribution in [2.75, 3.05) is 0 Å². The minimum Gasteiger partial charge on any atom is -0.423 e. The molecule has 0 saturated heterocycles. The predicted molar refractivity (Wildman–Crippen MR) is 113 cm³/mol. The first-order valence-corrected chi connectivity index (χ1v) is 11.1. The van der Waals surface area contributed by atoms with Gasteiger partial charge in [-0.15, -0.1) is 13.2 Å². The van der Waals surface area contributed by atoms with Crippen LogP contribution >= 0.6 is 0 Å². The zero-order valence-corrected chi connectivity index (χ0v) is 18.1. The molecule has 2 aromatic rings. The van der Waals surface area contributed by atoms with Crippen molar-refractivity contribution in [3.8, 4) is 11.5 Å². The fraction of sp³-hybridized carbons (Fsp3) is 0.480. The molecule has 0 aliphatic heterocycles. The van der Waals surface area contributed by atoms with E-state index in [0.717, 1.165) is 30.9 Å². The molecule has 0 aromatic heterocycles. The number of esters is 1. The van der Waals surface area contributed by atoms with Crippen LogP contribution in [0.2, 0.25) is 0 Å². The maximum atomic E-state index is 13.8. The van der Waals surface area contributed by atoms with Crippen LogP contribution in [-0.4, -0.2) is 12.3 Å². The molecule has 0 amide bonds. The van der Waals surface area contributed by atoms with Crippen molar-refractivity contribution in [2.24, 2.45) is 5.92 Å². The number of halogens is 4. The van der Waals surface area contributed by atoms with Crippen LogP contribution in [0.3, 0.4) is 0 Å². The second kappa shape index (κ2) is 10.8. The number of hydrogen-bond donors (Lipinski definition) is 0. The van der Waals surface area contributed by atoms with E-state index in [2.05, 4.69) is 11.7 Å². The monoisotopic (exact) mass is 452 g/mol. The summed E-state index contributed by atoms with van der Waals surface area (Å²) in [5, 5.41) is 0. The first kappa shape index (κ1) is 24.1. The predicted octanol–water partition coefficient (Wildman–Crippen LogP) is 7.80. The van der Waals surface area contributed by atoms with E-state index in [0.29, 0.717) is 12.0 Å². The summed E-state index contributed by atoms with van der Waals surface area (Å²) in [5.74, 6) is -1.86.